The van der Waals surface area contributed by atoms with Gasteiger partial charge in [-0.3, -0.25) is 13.9 Å². The fraction of sp³-hybridized carbons (Fsp3) is 0.375. The van der Waals surface area contributed by atoms with E-state index in [0.29, 0.717) is 31.0 Å². The van der Waals surface area contributed by atoms with Crippen molar-refractivity contribution in [2.75, 3.05) is 36.8 Å². The van der Waals surface area contributed by atoms with Gasteiger partial charge >= 0.3 is 0 Å². The fourth-order valence-corrected chi connectivity index (χ4v) is 6.12. The minimum absolute atomic E-state index is 0.0699. The molecule has 0 fully saturated rings. The predicted octanol–water partition coefficient (Wildman–Crippen LogP) is 5.23. The second-order valence-corrected chi connectivity index (χ2v) is 13.0. The Morgan fingerprint density at radius 3 is 2.14 bits per heavy atom. The number of hydrogen-bond acceptors (Lipinski definition) is 6. The van der Waals surface area contributed by atoms with Gasteiger partial charge in [0.1, 0.15) is 18.3 Å². The summed E-state index contributed by atoms with van der Waals surface area (Å²) in [5.41, 5.74) is 1.33. The van der Waals surface area contributed by atoms with Crippen LogP contribution in [0.3, 0.4) is 0 Å². The lowest BCUT2D eigenvalue weighted by atomic mass is 10.1. The number of rotatable bonds is 15. The smallest absolute Gasteiger partial charge is 0.264 e. The van der Waals surface area contributed by atoms with Gasteiger partial charge in [0.15, 0.2) is 0 Å². The molecule has 0 aliphatic rings. The summed E-state index contributed by atoms with van der Waals surface area (Å²) in [5, 5.41) is 2.90. The number of anilines is 1. The Balaban J connectivity index is 1.97. The minimum atomic E-state index is -4.13. The van der Waals surface area contributed by atoms with Crippen LogP contribution < -0.4 is 14.4 Å². The lowest BCUT2D eigenvalue weighted by Gasteiger charge is -2.32. The van der Waals surface area contributed by atoms with Crippen molar-refractivity contribution in [2.24, 2.45) is 5.92 Å². The Bertz CT molecular complexity index is 1400. The van der Waals surface area contributed by atoms with Crippen LogP contribution in [0.25, 0.3) is 0 Å². The van der Waals surface area contributed by atoms with E-state index in [2.05, 4.69) is 5.32 Å². The fourth-order valence-electron chi connectivity index (χ4n) is 4.30. The molecule has 1 atom stereocenters. The number of carbonyl (C=O) groups is 2. The van der Waals surface area contributed by atoms with Crippen LogP contribution in [-0.2, 0) is 26.0 Å². The van der Waals surface area contributed by atoms with E-state index in [-0.39, 0.29) is 23.3 Å². The second-order valence-electron chi connectivity index (χ2n) is 10.3. The SMILES string of the molecule is CCOc1ccc(N(CC(=O)N(CCc2ccccc2)C(C)C(=O)NCC(C)C)S(=O)(=O)c2ccc(SC)cc2)cc1. The lowest BCUT2D eigenvalue weighted by Crippen LogP contribution is -2.52. The highest BCUT2D eigenvalue weighted by atomic mass is 32.2. The maximum Gasteiger partial charge on any atom is 0.264 e. The van der Waals surface area contributed by atoms with Gasteiger partial charge in [-0.1, -0.05) is 44.2 Å². The van der Waals surface area contributed by atoms with Gasteiger partial charge in [-0.05, 0) is 86.5 Å². The average molecular weight is 612 g/mol. The van der Waals surface area contributed by atoms with E-state index in [1.165, 1.54) is 16.7 Å². The zero-order valence-corrected chi connectivity index (χ0v) is 26.6. The molecule has 3 aromatic rings. The van der Waals surface area contributed by atoms with Crippen LogP contribution in [0.1, 0.15) is 33.3 Å². The molecule has 226 valence electrons. The molecule has 0 saturated heterocycles. The zero-order chi connectivity index (χ0) is 30.7. The Labute approximate surface area is 254 Å². The van der Waals surface area contributed by atoms with Crippen LogP contribution in [0, 0.1) is 5.92 Å². The highest BCUT2D eigenvalue weighted by molar-refractivity contribution is 7.98. The molecule has 42 heavy (non-hydrogen) atoms. The maximum atomic E-state index is 14.0. The molecular formula is C32H41N3O5S2. The summed E-state index contributed by atoms with van der Waals surface area (Å²) in [5.74, 6) is 0.0751. The summed E-state index contributed by atoms with van der Waals surface area (Å²) in [6.45, 7) is 8.25. The Kier molecular flexibility index (Phi) is 12.3. The van der Waals surface area contributed by atoms with Gasteiger partial charge in [0.2, 0.25) is 11.8 Å². The summed E-state index contributed by atoms with van der Waals surface area (Å²) in [6, 6.07) is 22.0. The van der Waals surface area contributed by atoms with Gasteiger partial charge in [0, 0.05) is 18.0 Å². The van der Waals surface area contributed by atoms with Crippen molar-refractivity contribution in [3.63, 3.8) is 0 Å². The van der Waals surface area contributed by atoms with E-state index >= 15 is 0 Å². The molecule has 10 heteroatoms. The van der Waals surface area contributed by atoms with E-state index in [4.69, 9.17) is 4.74 Å². The number of hydrogen-bond donors (Lipinski definition) is 1. The van der Waals surface area contributed by atoms with Crippen LogP contribution >= 0.6 is 11.8 Å². The highest BCUT2D eigenvalue weighted by Crippen LogP contribution is 2.27. The number of nitrogens with one attached hydrogen (secondary N) is 1. The van der Waals surface area contributed by atoms with Crippen molar-refractivity contribution in [3.05, 3.63) is 84.4 Å². The summed E-state index contributed by atoms with van der Waals surface area (Å²) in [7, 11) is -4.13. The summed E-state index contributed by atoms with van der Waals surface area (Å²) >= 11 is 1.51. The molecule has 1 N–H and O–H groups in total. The van der Waals surface area contributed by atoms with Gasteiger partial charge in [0.05, 0.1) is 17.2 Å². The second kappa shape index (κ2) is 15.7. The number of thioether (sulfide) groups is 1. The first-order valence-electron chi connectivity index (χ1n) is 14.1. The maximum absolute atomic E-state index is 14.0. The van der Waals surface area contributed by atoms with Crippen molar-refractivity contribution in [3.8, 4) is 5.75 Å². The topological polar surface area (TPSA) is 96.0 Å². The third kappa shape index (κ3) is 9.00. The first-order valence-corrected chi connectivity index (χ1v) is 16.7. The molecule has 3 aromatic carbocycles. The molecule has 0 aromatic heterocycles. The van der Waals surface area contributed by atoms with Crippen LogP contribution in [-0.4, -0.2) is 63.7 Å². The number of ether oxygens (including phenoxy) is 1. The Morgan fingerprint density at radius 1 is 0.929 bits per heavy atom. The molecule has 0 spiro atoms. The van der Waals surface area contributed by atoms with Crippen LogP contribution in [0.4, 0.5) is 5.69 Å². The van der Waals surface area contributed by atoms with Crippen molar-refractivity contribution in [2.45, 2.75) is 49.9 Å². The minimum Gasteiger partial charge on any atom is -0.494 e. The van der Waals surface area contributed by atoms with E-state index < -0.39 is 28.5 Å². The van der Waals surface area contributed by atoms with Gasteiger partial charge < -0.3 is 15.0 Å². The number of sulfonamides is 1. The molecule has 0 aliphatic heterocycles. The van der Waals surface area contributed by atoms with Crippen LogP contribution in [0.2, 0.25) is 0 Å². The number of nitrogens with zero attached hydrogens (tertiary/aromatic N) is 2. The highest BCUT2D eigenvalue weighted by Gasteiger charge is 2.32. The molecule has 1 unspecified atom stereocenters. The summed E-state index contributed by atoms with van der Waals surface area (Å²) < 4.78 is 34.6. The monoisotopic (exact) mass is 611 g/mol. The lowest BCUT2D eigenvalue weighted by molar-refractivity contribution is -0.138. The average Bonchev–Trinajstić information content (AvgIpc) is 2.99. The molecule has 0 saturated carbocycles. The van der Waals surface area contributed by atoms with Gasteiger partial charge in [0.25, 0.3) is 10.0 Å². The van der Waals surface area contributed by atoms with E-state index in [1.54, 1.807) is 55.5 Å². The van der Waals surface area contributed by atoms with Gasteiger partial charge in [-0.15, -0.1) is 11.8 Å². The van der Waals surface area contributed by atoms with Crippen LogP contribution in [0.15, 0.2) is 88.7 Å². The molecule has 0 heterocycles. The molecule has 2 amide bonds. The van der Waals surface area contributed by atoms with E-state index in [0.717, 1.165) is 14.8 Å². The van der Waals surface area contributed by atoms with E-state index in [9.17, 15) is 18.0 Å². The third-order valence-corrected chi connectivity index (χ3v) is 9.23. The quantitative estimate of drug-likeness (QED) is 0.236. The van der Waals surface area contributed by atoms with Crippen molar-refractivity contribution < 1.29 is 22.7 Å². The van der Waals surface area contributed by atoms with Crippen molar-refractivity contribution in [1.29, 1.82) is 0 Å². The van der Waals surface area contributed by atoms with Gasteiger partial charge in [-0.25, -0.2) is 8.42 Å². The molecule has 0 bridgehead atoms. The summed E-state index contributed by atoms with van der Waals surface area (Å²) in [6.07, 6.45) is 2.43. The Hall–Kier alpha value is -3.50. The van der Waals surface area contributed by atoms with Crippen molar-refractivity contribution in [1.82, 2.24) is 10.2 Å². The summed E-state index contributed by atoms with van der Waals surface area (Å²) in [4.78, 5) is 29.5. The number of amides is 2. The first kappa shape index (κ1) is 33.0. The molecule has 0 aliphatic carbocycles. The van der Waals surface area contributed by atoms with Crippen molar-refractivity contribution >= 4 is 39.3 Å². The number of carbonyl (C=O) groups excluding carboxylic acids is 2. The third-order valence-electron chi connectivity index (χ3n) is 6.70. The van der Waals surface area contributed by atoms with Crippen LogP contribution in [0.5, 0.6) is 5.75 Å². The zero-order valence-electron chi connectivity index (χ0n) is 24.9. The Morgan fingerprint density at radius 2 is 1.57 bits per heavy atom. The largest absolute Gasteiger partial charge is 0.494 e. The normalized spacial score (nSPS) is 12.0. The molecule has 0 radical (unpaired) electrons. The molecular weight excluding hydrogens is 571 g/mol. The number of benzene rings is 3. The van der Waals surface area contributed by atoms with E-state index in [1.807, 2.05) is 57.4 Å². The first-order chi connectivity index (χ1) is 20.1. The molecule has 8 nitrogen and oxygen atoms in total. The predicted molar refractivity (Wildman–Crippen MR) is 170 cm³/mol. The standard InChI is InChI=1S/C32H41N3O5S2/c1-6-40-28-14-12-27(13-15-28)35(42(38,39)30-18-16-29(41-5)17-19-30)23-31(36)34(21-20-26-10-8-7-9-11-26)25(4)32(37)33-22-24(2)3/h7-19,24-25H,6,20-23H2,1-5H3,(H,33,37). The van der Waals surface area contributed by atoms with Gasteiger partial charge in [-0.2, -0.15) is 0 Å². The molecule has 3 rings (SSSR count).